The third-order valence-corrected chi connectivity index (χ3v) is 5.96. The number of amides is 1. The second-order valence-corrected chi connectivity index (χ2v) is 7.75. The summed E-state index contributed by atoms with van der Waals surface area (Å²) in [5.74, 6) is -0.118. The minimum Gasteiger partial charge on any atom is -0.369 e. The van der Waals surface area contributed by atoms with Crippen molar-refractivity contribution >= 4 is 23.4 Å². The van der Waals surface area contributed by atoms with Crippen LogP contribution in [-0.4, -0.2) is 22.5 Å². The van der Waals surface area contributed by atoms with Crippen molar-refractivity contribution in [2.75, 3.05) is 11.9 Å². The van der Waals surface area contributed by atoms with Gasteiger partial charge in [0.15, 0.2) is 6.23 Å². The number of benzene rings is 2. The van der Waals surface area contributed by atoms with Crippen molar-refractivity contribution in [3.05, 3.63) is 83.2 Å². The third-order valence-electron chi connectivity index (χ3n) is 4.81. The largest absolute Gasteiger partial charge is 0.369 e. The van der Waals surface area contributed by atoms with Gasteiger partial charge in [-0.15, -0.1) is 0 Å². The molecule has 1 atom stereocenters. The van der Waals surface area contributed by atoms with Crippen LogP contribution in [0.1, 0.15) is 33.3 Å². The molecule has 2 aromatic carbocycles. The zero-order valence-corrected chi connectivity index (χ0v) is 16.3. The van der Waals surface area contributed by atoms with Gasteiger partial charge in [-0.25, -0.2) is 0 Å². The lowest BCUT2D eigenvalue weighted by molar-refractivity contribution is 0.0953. The minimum atomic E-state index is -0.812. The summed E-state index contributed by atoms with van der Waals surface area (Å²) < 4.78 is 0. The van der Waals surface area contributed by atoms with Crippen LogP contribution in [0.25, 0.3) is 0 Å². The fourth-order valence-corrected chi connectivity index (χ4v) is 4.42. The number of hydrogen-bond donors (Lipinski definition) is 3. The first kappa shape index (κ1) is 18.5. The van der Waals surface area contributed by atoms with Gasteiger partial charge < -0.3 is 15.7 Å². The van der Waals surface area contributed by atoms with Gasteiger partial charge >= 0.3 is 0 Å². The number of rotatable bonds is 4. The van der Waals surface area contributed by atoms with E-state index < -0.39 is 6.23 Å². The zero-order chi connectivity index (χ0) is 19.5. The zero-order valence-electron chi connectivity index (χ0n) is 15.5. The molecule has 0 saturated carbocycles. The molecule has 2 heterocycles. The van der Waals surface area contributed by atoms with Crippen LogP contribution in [0.3, 0.4) is 0 Å². The predicted molar refractivity (Wildman–Crippen MR) is 111 cm³/mol. The molecule has 3 N–H and O–H groups in total. The van der Waals surface area contributed by atoms with Crippen LogP contribution in [0.5, 0.6) is 0 Å². The van der Waals surface area contributed by atoms with Crippen LogP contribution >= 0.6 is 11.8 Å². The molecule has 0 saturated heterocycles. The first-order chi connectivity index (χ1) is 13.6. The summed E-state index contributed by atoms with van der Waals surface area (Å²) in [6.07, 6.45) is 3.46. The Hall–Kier alpha value is -2.83. The van der Waals surface area contributed by atoms with Gasteiger partial charge in [-0.1, -0.05) is 36.0 Å². The summed E-state index contributed by atoms with van der Waals surface area (Å²) in [7, 11) is 0. The fourth-order valence-electron chi connectivity index (χ4n) is 3.29. The van der Waals surface area contributed by atoms with E-state index in [1.807, 2.05) is 55.5 Å². The topological polar surface area (TPSA) is 74.2 Å². The molecule has 3 aromatic rings. The van der Waals surface area contributed by atoms with E-state index in [0.29, 0.717) is 12.1 Å². The molecule has 0 fully saturated rings. The van der Waals surface area contributed by atoms with E-state index in [-0.39, 0.29) is 5.91 Å². The van der Waals surface area contributed by atoms with Gasteiger partial charge in [0.25, 0.3) is 5.91 Å². The Morgan fingerprint density at radius 2 is 2.04 bits per heavy atom. The van der Waals surface area contributed by atoms with Gasteiger partial charge in [-0.05, 0) is 48.7 Å². The van der Waals surface area contributed by atoms with Crippen molar-refractivity contribution in [1.82, 2.24) is 10.3 Å². The summed E-state index contributed by atoms with van der Waals surface area (Å²) in [6, 6.07) is 15.4. The highest BCUT2D eigenvalue weighted by molar-refractivity contribution is 7.99. The van der Waals surface area contributed by atoms with Crippen LogP contribution in [0, 0.1) is 6.92 Å². The lowest BCUT2D eigenvalue weighted by atomic mass is 10.0. The Morgan fingerprint density at radius 3 is 2.86 bits per heavy atom. The molecule has 0 aliphatic carbocycles. The van der Waals surface area contributed by atoms with Gasteiger partial charge in [0, 0.05) is 39.9 Å². The predicted octanol–water partition coefficient (Wildman–Crippen LogP) is 3.93. The molecule has 1 aromatic heterocycles. The highest BCUT2D eigenvalue weighted by Crippen LogP contribution is 2.43. The van der Waals surface area contributed by atoms with E-state index in [1.54, 1.807) is 24.2 Å². The molecule has 5 nitrogen and oxygen atoms in total. The second-order valence-electron chi connectivity index (χ2n) is 6.67. The maximum absolute atomic E-state index is 12.7. The molecule has 1 amide bonds. The Labute approximate surface area is 168 Å². The van der Waals surface area contributed by atoms with Crippen molar-refractivity contribution in [3.8, 4) is 0 Å². The van der Waals surface area contributed by atoms with E-state index in [4.69, 9.17) is 0 Å². The summed E-state index contributed by atoms with van der Waals surface area (Å²) in [6.45, 7) is 2.45. The lowest BCUT2D eigenvalue weighted by Gasteiger charge is -2.17. The number of carbonyl (C=O) groups is 1. The minimum absolute atomic E-state index is 0.118. The number of carbonyl (C=O) groups excluding carboxylic acids is 1. The van der Waals surface area contributed by atoms with Gasteiger partial charge in [-0.3, -0.25) is 9.78 Å². The molecule has 6 heteroatoms. The van der Waals surface area contributed by atoms with Gasteiger partial charge in [0.05, 0.1) is 5.69 Å². The van der Waals surface area contributed by atoms with E-state index >= 15 is 0 Å². The van der Waals surface area contributed by atoms with Crippen molar-refractivity contribution < 1.29 is 9.90 Å². The molecule has 142 valence electrons. The highest BCUT2D eigenvalue weighted by atomic mass is 32.2. The number of pyridine rings is 1. The summed E-state index contributed by atoms with van der Waals surface area (Å²) in [4.78, 5) is 18.8. The average Bonchev–Trinajstić information content (AvgIpc) is 2.86. The molecule has 0 bridgehead atoms. The summed E-state index contributed by atoms with van der Waals surface area (Å²) >= 11 is 1.60. The number of aromatic nitrogens is 1. The Morgan fingerprint density at radius 1 is 1.18 bits per heavy atom. The maximum atomic E-state index is 12.7. The number of aliphatic hydroxyl groups excluding tert-OH is 1. The number of aliphatic hydroxyl groups is 1. The maximum Gasteiger partial charge on any atom is 0.251 e. The fraction of sp³-hybridized carbons (Fsp3) is 0.182. The quantitative estimate of drug-likeness (QED) is 0.628. The van der Waals surface area contributed by atoms with Gasteiger partial charge in [0.2, 0.25) is 0 Å². The Balaban J connectivity index is 1.52. The summed E-state index contributed by atoms with van der Waals surface area (Å²) in [5, 5.41) is 16.7. The van der Waals surface area contributed by atoms with Crippen LogP contribution in [0.2, 0.25) is 0 Å². The lowest BCUT2D eigenvalue weighted by Crippen LogP contribution is -2.26. The second kappa shape index (κ2) is 8.04. The van der Waals surface area contributed by atoms with Crippen LogP contribution in [-0.2, 0) is 6.42 Å². The molecule has 0 spiro atoms. The first-order valence-electron chi connectivity index (χ1n) is 9.15. The standard InChI is InChI=1S/C22H21N3O2S/c1-14-16(21(26)24-12-10-15-5-4-11-23-13-15)8-9-19-20(14)25-22(27)17-6-2-3-7-18(17)28-19/h2-9,11,13,22,25,27H,10,12H2,1H3,(H,24,26). The van der Waals surface area contributed by atoms with Crippen molar-refractivity contribution in [2.45, 2.75) is 29.4 Å². The van der Waals surface area contributed by atoms with Crippen molar-refractivity contribution in [2.24, 2.45) is 0 Å². The van der Waals surface area contributed by atoms with E-state index in [0.717, 1.165) is 38.6 Å². The normalized spacial score (nSPS) is 15.0. The SMILES string of the molecule is Cc1c(C(=O)NCCc2cccnc2)ccc2c1NC(O)c1ccccc1S2. The Bertz CT molecular complexity index is 1010. The van der Waals surface area contributed by atoms with Gasteiger partial charge in [-0.2, -0.15) is 0 Å². The smallest absolute Gasteiger partial charge is 0.251 e. The van der Waals surface area contributed by atoms with Crippen molar-refractivity contribution in [1.29, 1.82) is 0 Å². The molecular formula is C22H21N3O2S. The molecule has 1 unspecified atom stereocenters. The molecule has 0 radical (unpaired) electrons. The number of nitrogens with zero attached hydrogens (tertiary/aromatic N) is 1. The first-order valence-corrected chi connectivity index (χ1v) is 9.97. The molecule has 1 aliphatic rings. The number of hydrogen-bond acceptors (Lipinski definition) is 5. The molecular weight excluding hydrogens is 370 g/mol. The number of fused-ring (bicyclic) bond motifs is 2. The van der Waals surface area contributed by atoms with Crippen LogP contribution in [0.15, 0.2) is 70.7 Å². The number of nitrogens with one attached hydrogen (secondary N) is 2. The highest BCUT2D eigenvalue weighted by Gasteiger charge is 2.23. The third kappa shape index (κ3) is 3.74. The summed E-state index contributed by atoms with van der Waals surface area (Å²) in [5.41, 5.74) is 4.16. The monoisotopic (exact) mass is 391 g/mol. The van der Waals surface area contributed by atoms with Crippen LogP contribution < -0.4 is 10.6 Å². The molecule has 4 rings (SSSR count). The van der Waals surface area contributed by atoms with Crippen molar-refractivity contribution in [3.63, 3.8) is 0 Å². The Kier molecular flexibility index (Phi) is 5.32. The number of anilines is 1. The molecule has 1 aliphatic heterocycles. The van der Waals surface area contributed by atoms with Gasteiger partial charge in [0.1, 0.15) is 0 Å². The molecule has 28 heavy (non-hydrogen) atoms. The van der Waals surface area contributed by atoms with Crippen LogP contribution in [0.4, 0.5) is 5.69 Å². The average molecular weight is 391 g/mol. The van der Waals surface area contributed by atoms with E-state index in [2.05, 4.69) is 15.6 Å². The van der Waals surface area contributed by atoms with E-state index in [1.165, 1.54) is 0 Å². The van der Waals surface area contributed by atoms with E-state index in [9.17, 15) is 9.90 Å².